The predicted molar refractivity (Wildman–Crippen MR) is 88.2 cm³/mol. The predicted octanol–water partition coefficient (Wildman–Crippen LogP) is -0.325. The van der Waals surface area contributed by atoms with Gasteiger partial charge in [-0.05, 0) is 35.6 Å². The van der Waals surface area contributed by atoms with E-state index in [1.165, 1.54) is 17.4 Å². The van der Waals surface area contributed by atoms with Crippen molar-refractivity contribution in [2.45, 2.75) is 51.2 Å². The average molecular weight is 350 g/mol. The Hall–Kier alpha value is -2.03. The fourth-order valence-corrected chi connectivity index (χ4v) is 3.72. The van der Waals surface area contributed by atoms with Gasteiger partial charge in [-0.25, -0.2) is 4.68 Å². The highest BCUT2D eigenvalue weighted by Crippen LogP contribution is 2.27. The van der Waals surface area contributed by atoms with Crippen molar-refractivity contribution in [3.8, 4) is 0 Å². The monoisotopic (exact) mass is 350 g/mol. The number of aliphatic hydroxyl groups excluding tert-OH is 1. The minimum atomic E-state index is -0.899. The van der Waals surface area contributed by atoms with Gasteiger partial charge >= 0.3 is 0 Å². The Labute approximate surface area is 147 Å². The second-order valence-corrected chi connectivity index (χ2v) is 6.91. The van der Waals surface area contributed by atoms with Gasteiger partial charge in [0.25, 0.3) is 5.91 Å². The molecule has 1 aromatic heterocycles. The maximum absolute atomic E-state index is 12.6. The molecule has 2 amide bonds. The maximum atomic E-state index is 12.6. The van der Waals surface area contributed by atoms with Crippen LogP contribution in [0.2, 0.25) is 0 Å². The second-order valence-electron chi connectivity index (χ2n) is 6.91. The van der Waals surface area contributed by atoms with Crippen LogP contribution in [0.3, 0.4) is 0 Å². The van der Waals surface area contributed by atoms with Gasteiger partial charge in [-0.2, -0.15) is 0 Å². The molecule has 1 aromatic rings. The third kappa shape index (κ3) is 4.53. The van der Waals surface area contributed by atoms with Crippen LogP contribution in [-0.4, -0.2) is 79.2 Å². The number of nitrogens with zero attached hydrogens (tertiary/aromatic N) is 6. The first-order valence-electron chi connectivity index (χ1n) is 9.10. The Morgan fingerprint density at radius 2 is 1.76 bits per heavy atom. The average Bonchev–Trinajstić information content (AvgIpc) is 3.02. The van der Waals surface area contributed by atoms with Crippen LogP contribution >= 0.6 is 0 Å². The van der Waals surface area contributed by atoms with Gasteiger partial charge in [0.15, 0.2) is 0 Å². The zero-order chi connectivity index (χ0) is 17.6. The molecule has 138 valence electrons. The normalized spacial score (nSPS) is 21.0. The van der Waals surface area contributed by atoms with Gasteiger partial charge in [-0.1, -0.05) is 19.3 Å². The molecule has 25 heavy (non-hydrogen) atoms. The summed E-state index contributed by atoms with van der Waals surface area (Å²) in [4.78, 5) is 28.4. The summed E-state index contributed by atoms with van der Waals surface area (Å²) in [6.45, 7) is 2.22. The van der Waals surface area contributed by atoms with E-state index in [-0.39, 0.29) is 24.3 Å². The van der Waals surface area contributed by atoms with E-state index in [9.17, 15) is 14.7 Å². The molecule has 2 aliphatic rings. The number of tetrazole rings is 1. The summed E-state index contributed by atoms with van der Waals surface area (Å²) >= 11 is 0. The Bertz CT molecular complexity index is 572. The summed E-state index contributed by atoms with van der Waals surface area (Å²) in [6, 6.07) is 0. The first-order valence-corrected chi connectivity index (χ1v) is 9.10. The number of amides is 2. The van der Waals surface area contributed by atoms with Gasteiger partial charge in [0.2, 0.25) is 5.91 Å². The van der Waals surface area contributed by atoms with Gasteiger partial charge in [-0.15, -0.1) is 5.10 Å². The molecule has 2 fully saturated rings. The first kappa shape index (κ1) is 17.8. The fourth-order valence-electron chi connectivity index (χ4n) is 3.72. The standard InChI is InChI=1S/C16H26N6O3/c23-14(11-22-12-17-18-19-22)20-7-4-8-21(10-9-20)16(25)15(24)13-5-2-1-3-6-13/h12-13,15,24H,1-11H2/t15-/m1/s1. The van der Waals surface area contributed by atoms with Crippen LogP contribution in [0.15, 0.2) is 6.33 Å². The minimum absolute atomic E-state index is 0.0607. The molecule has 1 saturated heterocycles. The first-order chi connectivity index (χ1) is 12.1. The number of aliphatic hydroxyl groups is 1. The summed E-state index contributed by atoms with van der Waals surface area (Å²) in [6.07, 6.45) is 6.46. The van der Waals surface area contributed by atoms with Gasteiger partial charge in [0, 0.05) is 26.2 Å². The van der Waals surface area contributed by atoms with E-state index in [0.717, 1.165) is 25.7 Å². The van der Waals surface area contributed by atoms with Crippen molar-refractivity contribution in [3.05, 3.63) is 6.33 Å². The number of carbonyl (C=O) groups is 2. The molecule has 9 nitrogen and oxygen atoms in total. The maximum Gasteiger partial charge on any atom is 0.251 e. The largest absolute Gasteiger partial charge is 0.383 e. The zero-order valence-electron chi connectivity index (χ0n) is 14.5. The van der Waals surface area contributed by atoms with Crippen molar-refractivity contribution in [2.75, 3.05) is 26.2 Å². The summed E-state index contributed by atoms with van der Waals surface area (Å²) in [5.74, 6) is -0.154. The third-order valence-corrected chi connectivity index (χ3v) is 5.20. The topological polar surface area (TPSA) is 104 Å². The van der Waals surface area contributed by atoms with Crippen LogP contribution in [0, 0.1) is 5.92 Å². The van der Waals surface area contributed by atoms with Crippen molar-refractivity contribution in [1.29, 1.82) is 0 Å². The Kier molecular flexibility index (Phi) is 5.95. The van der Waals surface area contributed by atoms with Gasteiger partial charge in [0.05, 0.1) is 0 Å². The van der Waals surface area contributed by atoms with Crippen LogP contribution in [-0.2, 0) is 16.1 Å². The van der Waals surface area contributed by atoms with Crippen LogP contribution in [0.25, 0.3) is 0 Å². The van der Waals surface area contributed by atoms with Crippen LogP contribution in [0.4, 0.5) is 0 Å². The van der Waals surface area contributed by atoms with Crippen LogP contribution in [0.1, 0.15) is 38.5 Å². The summed E-state index contributed by atoms with van der Waals surface area (Å²) in [5.41, 5.74) is 0. The molecule has 0 radical (unpaired) electrons. The molecule has 0 aromatic carbocycles. The summed E-state index contributed by atoms with van der Waals surface area (Å²) in [5, 5.41) is 21.2. The molecule has 9 heteroatoms. The fraction of sp³-hybridized carbons (Fsp3) is 0.812. The van der Waals surface area contributed by atoms with E-state index in [2.05, 4.69) is 15.5 Å². The molecule has 2 heterocycles. The summed E-state index contributed by atoms with van der Waals surface area (Å²) < 4.78 is 1.39. The van der Waals surface area contributed by atoms with Crippen molar-refractivity contribution in [3.63, 3.8) is 0 Å². The van der Waals surface area contributed by atoms with Gasteiger partial charge < -0.3 is 14.9 Å². The van der Waals surface area contributed by atoms with E-state index in [1.807, 2.05) is 0 Å². The molecule has 0 unspecified atom stereocenters. The lowest BCUT2D eigenvalue weighted by Gasteiger charge is -2.30. The second kappa shape index (κ2) is 8.37. The van der Waals surface area contributed by atoms with Crippen LogP contribution < -0.4 is 0 Å². The lowest BCUT2D eigenvalue weighted by Crippen LogP contribution is -2.45. The number of carbonyl (C=O) groups excluding carboxylic acids is 2. The number of rotatable bonds is 4. The lowest BCUT2D eigenvalue weighted by molar-refractivity contribution is -0.144. The number of hydrogen-bond acceptors (Lipinski definition) is 6. The van der Waals surface area contributed by atoms with E-state index < -0.39 is 6.10 Å². The zero-order valence-corrected chi connectivity index (χ0v) is 14.5. The highest BCUT2D eigenvalue weighted by molar-refractivity contribution is 5.81. The molecular weight excluding hydrogens is 324 g/mol. The molecular formula is C16H26N6O3. The van der Waals surface area contributed by atoms with E-state index in [4.69, 9.17) is 0 Å². The Morgan fingerprint density at radius 3 is 2.48 bits per heavy atom. The Balaban J connectivity index is 1.52. The molecule has 0 bridgehead atoms. The number of hydrogen-bond donors (Lipinski definition) is 1. The van der Waals surface area contributed by atoms with E-state index in [0.29, 0.717) is 32.6 Å². The summed E-state index contributed by atoms with van der Waals surface area (Å²) in [7, 11) is 0. The molecule has 0 spiro atoms. The number of aromatic nitrogens is 4. The SMILES string of the molecule is O=C(Cn1cnnn1)N1CCCN(C(=O)[C@H](O)C2CCCCC2)CC1. The smallest absolute Gasteiger partial charge is 0.251 e. The molecule has 1 atom stereocenters. The van der Waals surface area contributed by atoms with Crippen LogP contribution in [0.5, 0.6) is 0 Å². The molecule has 3 rings (SSSR count). The molecule has 1 aliphatic heterocycles. The highest BCUT2D eigenvalue weighted by Gasteiger charge is 2.32. The van der Waals surface area contributed by atoms with Crippen molar-refractivity contribution in [1.82, 2.24) is 30.0 Å². The van der Waals surface area contributed by atoms with E-state index in [1.54, 1.807) is 9.80 Å². The van der Waals surface area contributed by atoms with Gasteiger partial charge in [-0.3, -0.25) is 9.59 Å². The van der Waals surface area contributed by atoms with Crippen molar-refractivity contribution >= 4 is 11.8 Å². The highest BCUT2D eigenvalue weighted by atomic mass is 16.3. The van der Waals surface area contributed by atoms with Gasteiger partial charge in [0.1, 0.15) is 19.0 Å². The van der Waals surface area contributed by atoms with Crippen molar-refractivity contribution in [2.24, 2.45) is 5.92 Å². The quantitative estimate of drug-likeness (QED) is 0.798. The molecule has 1 N–H and O–H groups in total. The Morgan fingerprint density at radius 1 is 1.04 bits per heavy atom. The van der Waals surface area contributed by atoms with E-state index >= 15 is 0 Å². The molecule has 1 aliphatic carbocycles. The lowest BCUT2D eigenvalue weighted by atomic mass is 9.85. The minimum Gasteiger partial charge on any atom is -0.383 e. The molecule has 1 saturated carbocycles. The van der Waals surface area contributed by atoms with Crippen molar-refractivity contribution < 1.29 is 14.7 Å². The third-order valence-electron chi connectivity index (χ3n) is 5.20.